The summed E-state index contributed by atoms with van der Waals surface area (Å²) in [5.41, 5.74) is 1.73. The molecule has 5 rings (SSSR count). The van der Waals surface area contributed by atoms with Crippen molar-refractivity contribution in [2.45, 2.75) is 19.4 Å². The predicted octanol–water partition coefficient (Wildman–Crippen LogP) is 2.89. The molecule has 12 heteroatoms. The fourth-order valence-corrected chi connectivity index (χ4v) is 5.93. The molecule has 1 fully saturated rings. The molecule has 0 saturated carbocycles. The van der Waals surface area contributed by atoms with Gasteiger partial charge in [-0.1, -0.05) is 11.8 Å². The van der Waals surface area contributed by atoms with Gasteiger partial charge in [0.2, 0.25) is 10.0 Å². The van der Waals surface area contributed by atoms with Crippen LogP contribution in [0, 0.1) is 11.8 Å². The Labute approximate surface area is 219 Å². The average molecular weight is 538 g/mol. The van der Waals surface area contributed by atoms with Gasteiger partial charge in [-0.05, 0) is 38.1 Å². The smallest absolute Gasteiger partial charge is 0.213 e. The van der Waals surface area contributed by atoms with Crippen LogP contribution in [0.2, 0.25) is 0 Å². The van der Waals surface area contributed by atoms with Crippen molar-refractivity contribution < 1.29 is 13.5 Å². The van der Waals surface area contributed by atoms with E-state index in [0.29, 0.717) is 48.2 Å². The highest BCUT2D eigenvalue weighted by atomic mass is 32.2. The van der Waals surface area contributed by atoms with Crippen molar-refractivity contribution in [1.29, 1.82) is 0 Å². The first kappa shape index (κ1) is 25.2. The lowest BCUT2D eigenvalue weighted by Crippen LogP contribution is -2.49. The quantitative estimate of drug-likeness (QED) is 0.321. The van der Waals surface area contributed by atoms with Crippen LogP contribution in [-0.2, 0) is 15.6 Å². The molecule has 10 nitrogen and oxygen atoms in total. The third-order valence-electron chi connectivity index (χ3n) is 6.24. The topological polar surface area (TPSA) is 127 Å². The van der Waals surface area contributed by atoms with Gasteiger partial charge in [0.05, 0.1) is 22.5 Å². The van der Waals surface area contributed by atoms with Gasteiger partial charge in [0.25, 0.3) is 0 Å². The molecule has 0 amide bonds. The summed E-state index contributed by atoms with van der Waals surface area (Å²) >= 11 is 1.35. The fourth-order valence-electron chi connectivity index (χ4n) is 4.19. The molecule has 3 N–H and O–H groups in total. The number of H-pyrrole nitrogens is 1. The molecular weight excluding hydrogens is 510 g/mol. The Morgan fingerprint density at radius 1 is 1.19 bits per heavy atom. The number of fused-ring (bicyclic) bond motifs is 1. The number of thiazole rings is 1. The molecule has 0 bridgehead atoms. The Morgan fingerprint density at radius 3 is 2.73 bits per heavy atom. The van der Waals surface area contributed by atoms with Crippen LogP contribution >= 0.6 is 11.3 Å². The first-order chi connectivity index (χ1) is 17.8. The number of aliphatic hydroxyl groups is 1. The Balaban J connectivity index is 1.48. The van der Waals surface area contributed by atoms with E-state index in [1.165, 1.54) is 17.7 Å². The van der Waals surface area contributed by atoms with Crippen molar-refractivity contribution >= 4 is 49.6 Å². The minimum absolute atomic E-state index is 0.0956. The molecule has 0 radical (unpaired) electrons. The maximum absolute atomic E-state index is 12.3. The number of rotatable bonds is 6. The number of piperazine rings is 1. The minimum atomic E-state index is -3.23. The number of nitrogens with one attached hydrogen (secondary N) is 2. The second-order valence-electron chi connectivity index (χ2n) is 8.77. The van der Waals surface area contributed by atoms with Gasteiger partial charge in [0.1, 0.15) is 22.8 Å². The van der Waals surface area contributed by atoms with Gasteiger partial charge in [-0.2, -0.15) is 4.31 Å². The van der Waals surface area contributed by atoms with Crippen molar-refractivity contribution in [3.05, 3.63) is 58.9 Å². The molecule has 1 atom stereocenters. The van der Waals surface area contributed by atoms with E-state index in [-0.39, 0.29) is 5.75 Å². The summed E-state index contributed by atoms with van der Waals surface area (Å²) < 4.78 is 26.2. The maximum atomic E-state index is 12.3. The summed E-state index contributed by atoms with van der Waals surface area (Å²) in [4.78, 5) is 18.1. The Kier molecular flexibility index (Phi) is 6.87. The molecule has 37 heavy (non-hydrogen) atoms. The molecule has 192 valence electrons. The zero-order valence-corrected chi connectivity index (χ0v) is 22.1. The standard InChI is InChI=1S/C25H27N7O3S2/c1-3-37(34,35)32-13-11-31(12-14-32)21-5-4-18(6-8-25(2,33)24-27-10-15-36-24)16-20(21)30-23-19-7-9-26-22(19)28-17-29-23/h4-5,7,9-10,15-17,33H,3,11-14H2,1-2H3,(H2,26,28,29,30). The average Bonchev–Trinajstić information content (AvgIpc) is 3.61. The SMILES string of the molecule is CCS(=O)(=O)N1CCN(c2ccc(C#CC(C)(O)c3nccs3)cc2Nc2ncnc3[nH]ccc23)CC1. The first-order valence-corrected chi connectivity index (χ1v) is 14.3. The third kappa shape index (κ3) is 5.30. The van der Waals surface area contributed by atoms with E-state index in [4.69, 9.17) is 0 Å². The van der Waals surface area contributed by atoms with Crippen molar-refractivity contribution in [3.8, 4) is 11.8 Å². The van der Waals surface area contributed by atoms with Crippen molar-refractivity contribution in [2.75, 3.05) is 42.1 Å². The lowest BCUT2D eigenvalue weighted by atomic mass is 10.1. The van der Waals surface area contributed by atoms with E-state index >= 15 is 0 Å². The van der Waals surface area contributed by atoms with Crippen molar-refractivity contribution in [3.63, 3.8) is 0 Å². The third-order valence-corrected chi connectivity index (χ3v) is 9.11. The van der Waals surface area contributed by atoms with Gasteiger partial charge in [-0.15, -0.1) is 11.3 Å². The molecular formula is C25H27N7O3S2. The number of hydrogen-bond donors (Lipinski definition) is 3. The van der Waals surface area contributed by atoms with Gasteiger partial charge >= 0.3 is 0 Å². The van der Waals surface area contributed by atoms with Crippen LogP contribution in [0.15, 0.2) is 48.4 Å². The number of anilines is 3. The van der Waals surface area contributed by atoms with Crippen molar-refractivity contribution in [2.24, 2.45) is 0 Å². The van der Waals surface area contributed by atoms with Gasteiger partial charge in [-0.3, -0.25) is 0 Å². The maximum Gasteiger partial charge on any atom is 0.213 e. The number of sulfonamides is 1. The molecule has 1 saturated heterocycles. The summed E-state index contributed by atoms with van der Waals surface area (Å²) in [6.45, 7) is 5.24. The highest BCUT2D eigenvalue weighted by Crippen LogP contribution is 2.32. The summed E-state index contributed by atoms with van der Waals surface area (Å²) in [5.74, 6) is 6.74. The van der Waals surface area contributed by atoms with Crippen LogP contribution in [0.4, 0.5) is 17.2 Å². The molecule has 1 aliphatic heterocycles. The zero-order chi connectivity index (χ0) is 26.0. The van der Waals surface area contributed by atoms with Crippen LogP contribution in [0.25, 0.3) is 11.0 Å². The molecule has 4 heterocycles. The van der Waals surface area contributed by atoms with Gasteiger partial charge in [-0.25, -0.2) is 23.4 Å². The van der Waals surface area contributed by atoms with Crippen LogP contribution in [-0.4, -0.2) is 69.7 Å². The van der Waals surface area contributed by atoms with E-state index < -0.39 is 15.6 Å². The Hall–Kier alpha value is -3.50. The van der Waals surface area contributed by atoms with Crippen LogP contribution < -0.4 is 10.2 Å². The van der Waals surface area contributed by atoms with E-state index in [2.05, 4.69) is 42.0 Å². The van der Waals surface area contributed by atoms with E-state index in [9.17, 15) is 13.5 Å². The van der Waals surface area contributed by atoms with E-state index in [1.807, 2.05) is 24.3 Å². The molecule has 0 spiro atoms. The largest absolute Gasteiger partial charge is 0.371 e. The molecule has 1 aromatic carbocycles. The number of nitrogens with zero attached hydrogens (tertiary/aromatic N) is 5. The fraction of sp³-hybridized carbons (Fsp3) is 0.320. The highest BCUT2D eigenvalue weighted by Gasteiger charge is 2.27. The zero-order valence-electron chi connectivity index (χ0n) is 20.5. The normalized spacial score (nSPS) is 16.2. The van der Waals surface area contributed by atoms with Gasteiger partial charge in [0, 0.05) is 49.5 Å². The Bertz CT molecular complexity index is 1560. The van der Waals surface area contributed by atoms with Crippen LogP contribution in [0.3, 0.4) is 0 Å². The van der Waals surface area contributed by atoms with Crippen molar-refractivity contribution in [1.82, 2.24) is 24.2 Å². The molecule has 1 unspecified atom stereocenters. The highest BCUT2D eigenvalue weighted by molar-refractivity contribution is 7.89. The molecule has 0 aliphatic carbocycles. The minimum Gasteiger partial charge on any atom is -0.371 e. The molecule has 3 aromatic heterocycles. The number of hydrogen-bond acceptors (Lipinski definition) is 9. The second kappa shape index (κ2) is 10.1. The second-order valence-corrected chi connectivity index (χ2v) is 11.9. The molecule has 4 aromatic rings. The number of aromatic amines is 1. The van der Waals surface area contributed by atoms with E-state index in [0.717, 1.165) is 16.8 Å². The van der Waals surface area contributed by atoms with Gasteiger partial charge < -0.3 is 20.3 Å². The summed E-state index contributed by atoms with van der Waals surface area (Å²) in [6.07, 6.45) is 4.94. The summed E-state index contributed by atoms with van der Waals surface area (Å²) in [6, 6.07) is 7.67. The monoisotopic (exact) mass is 537 g/mol. The Morgan fingerprint density at radius 2 is 2.00 bits per heavy atom. The van der Waals surface area contributed by atoms with Gasteiger partial charge in [0.15, 0.2) is 5.60 Å². The summed E-state index contributed by atoms with van der Waals surface area (Å²) in [5, 5.41) is 17.4. The lowest BCUT2D eigenvalue weighted by Gasteiger charge is -2.36. The lowest BCUT2D eigenvalue weighted by molar-refractivity contribution is 0.122. The summed E-state index contributed by atoms with van der Waals surface area (Å²) in [7, 11) is -3.23. The number of aromatic nitrogens is 4. The number of benzene rings is 1. The predicted molar refractivity (Wildman–Crippen MR) is 145 cm³/mol. The van der Waals surface area contributed by atoms with Crippen LogP contribution in [0.5, 0.6) is 0 Å². The first-order valence-electron chi connectivity index (χ1n) is 11.8. The van der Waals surface area contributed by atoms with Crippen LogP contribution in [0.1, 0.15) is 24.4 Å². The van der Waals surface area contributed by atoms with E-state index in [1.54, 1.807) is 35.9 Å². The molecule has 1 aliphatic rings.